The molecule has 1 N–H and O–H groups in total. The maximum absolute atomic E-state index is 13.1. The number of hydrogen-bond donors (Lipinski definition) is 1. The van der Waals surface area contributed by atoms with Gasteiger partial charge in [0.25, 0.3) is 5.56 Å². The molecule has 0 saturated carbocycles. The summed E-state index contributed by atoms with van der Waals surface area (Å²) in [6.45, 7) is 0. The third kappa shape index (κ3) is 3.77. The normalized spacial score (nSPS) is 10.7. The van der Waals surface area contributed by atoms with Gasteiger partial charge in [-0.05, 0) is 11.6 Å². The molecule has 0 saturated heterocycles. The molecule has 30 heavy (non-hydrogen) atoms. The maximum atomic E-state index is 13.1. The number of aromatic nitrogens is 2. The monoisotopic (exact) mass is 421 g/mol. The van der Waals surface area contributed by atoms with E-state index in [1.165, 1.54) is 24.8 Å². The molecule has 0 fully saturated rings. The van der Waals surface area contributed by atoms with E-state index in [1.54, 1.807) is 25.3 Å². The third-order valence-corrected chi connectivity index (χ3v) is 5.56. The Kier molecular flexibility index (Phi) is 5.49. The summed E-state index contributed by atoms with van der Waals surface area (Å²) < 4.78 is 11.6. The predicted octanol–water partition coefficient (Wildman–Crippen LogP) is 3.46. The van der Waals surface area contributed by atoms with Crippen molar-refractivity contribution < 1.29 is 14.3 Å². The molecule has 4 aromatic rings. The topological polar surface area (TPSA) is 82.5 Å². The van der Waals surface area contributed by atoms with Crippen LogP contribution >= 0.6 is 11.3 Å². The van der Waals surface area contributed by atoms with Crippen LogP contribution in [-0.4, -0.2) is 29.8 Å². The van der Waals surface area contributed by atoms with Crippen LogP contribution < -0.4 is 20.5 Å². The Balaban J connectivity index is 1.62. The zero-order valence-electron chi connectivity index (χ0n) is 16.4. The van der Waals surface area contributed by atoms with Gasteiger partial charge in [0.2, 0.25) is 5.91 Å². The first-order valence-corrected chi connectivity index (χ1v) is 10.0. The molecule has 0 unspecified atom stereocenters. The smallest absolute Gasteiger partial charge is 0.281 e. The minimum atomic E-state index is -0.363. The largest absolute Gasteiger partial charge is 0.497 e. The van der Waals surface area contributed by atoms with E-state index in [2.05, 4.69) is 10.4 Å². The van der Waals surface area contributed by atoms with Crippen molar-refractivity contribution in [2.75, 3.05) is 19.6 Å². The summed E-state index contributed by atoms with van der Waals surface area (Å²) >= 11 is 1.40. The van der Waals surface area contributed by atoms with Crippen molar-refractivity contribution in [2.24, 2.45) is 0 Å². The molecule has 0 radical (unpaired) electrons. The number of carbonyl (C=O) groups excluding carboxylic acids is 1. The van der Waals surface area contributed by atoms with Gasteiger partial charge in [-0.1, -0.05) is 36.4 Å². The van der Waals surface area contributed by atoms with Crippen LogP contribution in [-0.2, 0) is 11.2 Å². The van der Waals surface area contributed by atoms with Gasteiger partial charge in [0, 0.05) is 22.6 Å². The van der Waals surface area contributed by atoms with Crippen LogP contribution in [0.1, 0.15) is 5.56 Å². The number of benzene rings is 2. The number of nitrogens with one attached hydrogen (secondary N) is 1. The molecule has 7 nitrogen and oxygen atoms in total. The zero-order valence-corrected chi connectivity index (χ0v) is 17.2. The molecular formula is C22H19N3O4S. The van der Waals surface area contributed by atoms with Crippen LogP contribution in [0.15, 0.2) is 65.0 Å². The van der Waals surface area contributed by atoms with Crippen LogP contribution in [0, 0.1) is 0 Å². The van der Waals surface area contributed by atoms with Crippen molar-refractivity contribution in [1.82, 2.24) is 9.66 Å². The Morgan fingerprint density at radius 3 is 2.67 bits per heavy atom. The minimum absolute atomic E-state index is 0.0345. The maximum Gasteiger partial charge on any atom is 0.281 e. The number of carbonyl (C=O) groups is 1. The van der Waals surface area contributed by atoms with Crippen LogP contribution in [0.5, 0.6) is 11.5 Å². The van der Waals surface area contributed by atoms with Gasteiger partial charge >= 0.3 is 0 Å². The van der Waals surface area contributed by atoms with Gasteiger partial charge in [-0.3, -0.25) is 15.0 Å². The molecule has 0 aliphatic carbocycles. The number of amides is 1. The van der Waals surface area contributed by atoms with E-state index in [0.29, 0.717) is 27.3 Å². The van der Waals surface area contributed by atoms with Gasteiger partial charge in [0.15, 0.2) is 0 Å². The van der Waals surface area contributed by atoms with E-state index >= 15 is 0 Å². The van der Waals surface area contributed by atoms with E-state index in [4.69, 9.17) is 9.47 Å². The van der Waals surface area contributed by atoms with E-state index in [-0.39, 0.29) is 17.9 Å². The number of rotatable bonds is 6. The number of ether oxygens (including phenoxy) is 2. The molecule has 2 heterocycles. The number of thiophene rings is 1. The fourth-order valence-electron chi connectivity index (χ4n) is 3.19. The average Bonchev–Trinajstić information content (AvgIpc) is 3.21. The summed E-state index contributed by atoms with van der Waals surface area (Å²) in [5, 5.41) is 2.39. The lowest BCUT2D eigenvalue weighted by Crippen LogP contribution is -2.34. The van der Waals surface area contributed by atoms with E-state index in [0.717, 1.165) is 15.8 Å². The number of fused-ring (bicyclic) bond motifs is 1. The highest BCUT2D eigenvalue weighted by atomic mass is 32.1. The van der Waals surface area contributed by atoms with Gasteiger partial charge in [0.1, 0.15) is 22.7 Å². The summed E-state index contributed by atoms with van der Waals surface area (Å²) in [5.74, 6) is 0.806. The molecule has 8 heteroatoms. The highest BCUT2D eigenvalue weighted by Crippen LogP contribution is 2.30. The second-order valence-corrected chi connectivity index (χ2v) is 7.36. The van der Waals surface area contributed by atoms with Gasteiger partial charge in [-0.15, -0.1) is 11.3 Å². The molecule has 0 aliphatic heterocycles. The number of hydrogen-bond acceptors (Lipinski definition) is 6. The first-order chi connectivity index (χ1) is 14.6. The highest BCUT2D eigenvalue weighted by Gasteiger charge is 2.15. The van der Waals surface area contributed by atoms with Crippen molar-refractivity contribution in [3.8, 4) is 22.6 Å². The lowest BCUT2D eigenvalue weighted by molar-refractivity contribution is -0.116. The quantitative estimate of drug-likeness (QED) is 0.516. The Morgan fingerprint density at radius 1 is 1.13 bits per heavy atom. The lowest BCUT2D eigenvalue weighted by atomic mass is 10.1. The minimum Gasteiger partial charge on any atom is -0.497 e. The summed E-state index contributed by atoms with van der Waals surface area (Å²) in [6, 6.07) is 14.8. The Morgan fingerprint density at radius 2 is 1.93 bits per heavy atom. The standard InChI is InChI=1S/C22H19N3O4S/c1-28-16-9-8-15(18(11-16)29-2)10-19(26)24-25-13-23-21-20(22(25)27)17(12-30-21)14-6-4-3-5-7-14/h3-9,11-13H,10H2,1-2H3,(H,24,26). The van der Waals surface area contributed by atoms with Crippen molar-refractivity contribution >= 4 is 27.5 Å². The molecule has 152 valence electrons. The van der Waals surface area contributed by atoms with Crippen LogP contribution in [0.3, 0.4) is 0 Å². The summed E-state index contributed by atoms with van der Waals surface area (Å²) in [7, 11) is 3.09. The molecule has 0 bridgehead atoms. The number of nitrogens with zero attached hydrogens (tertiary/aromatic N) is 2. The van der Waals surface area contributed by atoms with Crippen LogP contribution in [0.25, 0.3) is 21.3 Å². The SMILES string of the molecule is COc1ccc(CC(=O)Nn2cnc3scc(-c4ccccc4)c3c2=O)c(OC)c1. The van der Waals surface area contributed by atoms with Crippen molar-refractivity contribution in [3.05, 3.63) is 76.2 Å². The van der Waals surface area contributed by atoms with Gasteiger partial charge in [0.05, 0.1) is 26.0 Å². The third-order valence-electron chi connectivity index (χ3n) is 4.67. The molecule has 0 atom stereocenters. The molecule has 0 spiro atoms. The highest BCUT2D eigenvalue weighted by molar-refractivity contribution is 7.17. The first-order valence-electron chi connectivity index (χ1n) is 9.15. The summed E-state index contributed by atoms with van der Waals surface area (Å²) in [4.78, 5) is 30.6. The van der Waals surface area contributed by atoms with Crippen molar-refractivity contribution in [1.29, 1.82) is 0 Å². The predicted molar refractivity (Wildman–Crippen MR) is 117 cm³/mol. The molecule has 4 rings (SSSR count). The fraction of sp³-hybridized carbons (Fsp3) is 0.136. The lowest BCUT2D eigenvalue weighted by Gasteiger charge is -2.11. The van der Waals surface area contributed by atoms with Crippen molar-refractivity contribution in [2.45, 2.75) is 6.42 Å². The Bertz CT molecular complexity index is 1260. The molecular weight excluding hydrogens is 402 g/mol. The summed E-state index contributed by atoms with van der Waals surface area (Å²) in [6.07, 6.45) is 1.37. The van der Waals surface area contributed by atoms with E-state index in [9.17, 15) is 9.59 Å². The van der Waals surface area contributed by atoms with Gasteiger partial charge in [-0.25, -0.2) is 9.66 Å². The fourth-order valence-corrected chi connectivity index (χ4v) is 4.09. The second kappa shape index (κ2) is 8.38. The number of methoxy groups -OCH3 is 2. The van der Waals surface area contributed by atoms with E-state index in [1.807, 2.05) is 35.7 Å². The summed E-state index contributed by atoms with van der Waals surface area (Å²) in [5.41, 5.74) is 4.70. The molecule has 0 aliphatic rings. The first kappa shape index (κ1) is 19.7. The van der Waals surface area contributed by atoms with Crippen LogP contribution in [0.2, 0.25) is 0 Å². The van der Waals surface area contributed by atoms with Gasteiger partial charge in [-0.2, -0.15) is 0 Å². The Labute approximate surface area is 176 Å². The Hall–Kier alpha value is -3.65. The average molecular weight is 421 g/mol. The molecule has 1 amide bonds. The molecule has 2 aromatic carbocycles. The zero-order chi connectivity index (χ0) is 21.1. The van der Waals surface area contributed by atoms with Gasteiger partial charge < -0.3 is 9.47 Å². The van der Waals surface area contributed by atoms with Crippen LogP contribution in [0.4, 0.5) is 0 Å². The van der Waals surface area contributed by atoms with Crippen molar-refractivity contribution in [3.63, 3.8) is 0 Å². The second-order valence-electron chi connectivity index (χ2n) is 6.50. The van der Waals surface area contributed by atoms with E-state index < -0.39 is 0 Å². The molecule has 2 aromatic heterocycles.